The molecule has 0 bridgehead atoms. The van der Waals surface area contributed by atoms with Gasteiger partial charge in [0.1, 0.15) is 0 Å². The van der Waals surface area contributed by atoms with Gasteiger partial charge >= 0.3 is 0 Å². The highest BCUT2D eigenvalue weighted by atomic mass is 32.2. The first-order valence-corrected chi connectivity index (χ1v) is 9.97. The van der Waals surface area contributed by atoms with Crippen LogP contribution >= 0.6 is 11.8 Å². The number of rotatable bonds is 7. The molecule has 2 heterocycles. The smallest absolute Gasteiger partial charge is 0.233 e. The Labute approximate surface area is 152 Å². The molecule has 2 fully saturated rings. The van der Waals surface area contributed by atoms with Gasteiger partial charge in [-0.2, -0.15) is 0 Å². The third-order valence-electron chi connectivity index (χ3n) is 4.58. The molecular formula is C18H25N3O3S. The molecule has 2 aliphatic rings. The van der Waals surface area contributed by atoms with Gasteiger partial charge in [-0.1, -0.05) is 6.07 Å². The Morgan fingerprint density at radius 2 is 2.08 bits per heavy atom. The Bertz CT molecular complexity index is 588. The zero-order chi connectivity index (χ0) is 17.6. The maximum atomic E-state index is 12.7. The van der Waals surface area contributed by atoms with Crippen molar-refractivity contribution in [3.63, 3.8) is 0 Å². The van der Waals surface area contributed by atoms with E-state index < -0.39 is 0 Å². The molecule has 136 valence electrons. The predicted molar refractivity (Wildman–Crippen MR) is 97.2 cm³/mol. The van der Waals surface area contributed by atoms with Crippen molar-refractivity contribution in [2.24, 2.45) is 0 Å². The Morgan fingerprint density at radius 1 is 1.32 bits per heavy atom. The summed E-state index contributed by atoms with van der Waals surface area (Å²) in [5.41, 5.74) is 0.914. The van der Waals surface area contributed by atoms with Gasteiger partial charge in [-0.25, -0.2) is 0 Å². The predicted octanol–water partition coefficient (Wildman–Crippen LogP) is 1.73. The standard InChI is InChI=1S/C18H25N3O3S/c1-14(16-4-2-3-7-19-16)21(15-5-6-15)18(23)13-25-12-17(22)20-8-10-24-11-9-20/h2-4,7,14-15H,5-6,8-13H2,1H3. The minimum Gasteiger partial charge on any atom is -0.378 e. The molecule has 1 saturated heterocycles. The minimum absolute atomic E-state index is 0.0308. The molecule has 25 heavy (non-hydrogen) atoms. The average Bonchev–Trinajstić information content (AvgIpc) is 3.48. The molecule has 6 nitrogen and oxygen atoms in total. The number of carbonyl (C=O) groups excluding carboxylic acids is 2. The Balaban J connectivity index is 1.50. The van der Waals surface area contributed by atoms with Gasteiger partial charge < -0.3 is 14.5 Å². The number of ether oxygens (including phenoxy) is 1. The van der Waals surface area contributed by atoms with Crippen molar-refractivity contribution in [3.8, 4) is 0 Å². The van der Waals surface area contributed by atoms with Gasteiger partial charge in [-0.05, 0) is 31.9 Å². The van der Waals surface area contributed by atoms with E-state index in [0.717, 1.165) is 18.5 Å². The third-order valence-corrected chi connectivity index (χ3v) is 5.48. The van der Waals surface area contributed by atoms with Crippen LogP contribution in [0.3, 0.4) is 0 Å². The number of thioether (sulfide) groups is 1. The maximum Gasteiger partial charge on any atom is 0.233 e. The summed E-state index contributed by atoms with van der Waals surface area (Å²) in [5, 5.41) is 0. The van der Waals surface area contributed by atoms with E-state index in [1.54, 1.807) is 6.20 Å². The lowest BCUT2D eigenvalue weighted by atomic mass is 10.1. The minimum atomic E-state index is -0.0308. The SMILES string of the molecule is CC(c1ccccn1)N(C(=O)CSCC(=O)N1CCOCC1)C1CC1. The van der Waals surface area contributed by atoms with Gasteiger partial charge in [0.25, 0.3) is 0 Å². The molecule has 1 aromatic rings. The number of pyridine rings is 1. The Morgan fingerprint density at radius 3 is 2.72 bits per heavy atom. The first kappa shape index (κ1) is 18.2. The fourth-order valence-corrected chi connectivity index (χ4v) is 3.84. The van der Waals surface area contributed by atoms with E-state index in [9.17, 15) is 9.59 Å². The molecule has 1 atom stereocenters. The van der Waals surface area contributed by atoms with Gasteiger partial charge in [-0.15, -0.1) is 11.8 Å². The van der Waals surface area contributed by atoms with Crippen LogP contribution < -0.4 is 0 Å². The second-order valence-corrected chi connectivity index (χ2v) is 7.43. The van der Waals surface area contributed by atoms with Gasteiger partial charge in [0.2, 0.25) is 11.8 Å². The number of nitrogens with zero attached hydrogens (tertiary/aromatic N) is 3. The first-order chi connectivity index (χ1) is 12.2. The van der Waals surface area contributed by atoms with Crippen LogP contribution in [0.5, 0.6) is 0 Å². The van der Waals surface area contributed by atoms with Crippen LogP contribution in [0.15, 0.2) is 24.4 Å². The van der Waals surface area contributed by atoms with Crippen molar-refractivity contribution < 1.29 is 14.3 Å². The molecule has 1 aliphatic heterocycles. The molecule has 0 spiro atoms. The van der Waals surface area contributed by atoms with E-state index in [2.05, 4.69) is 4.98 Å². The molecule has 1 aliphatic carbocycles. The van der Waals surface area contributed by atoms with Crippen LogP contribution in [0, 0.1) is 0 Å². The molecule has 1 unspecified atom stereocenters. The molecule has 1 aromatic heterocycles. The first-order valence-electron chi connectivity index (χ1n) is 8.82. The molecule has 7 heteroatoms. The van der Waals surface area contributed by atoms with Gasteiger partial charge in [0, 0.05) is 25.3 Å². The van der Waals surface area contributed by atoms with Crippen molar-refractivity contribution in [2.45, 2.75) is 31.8 Å². The Hall–Kier alpha value is -1.60. The highest BCUT2D eigenvalue weighted by molar-refractivity contribution is 8.00. The summed E-state index contributed by atoms with van der Waals surface area (Å²) < 4.78 is 5.26. The van der Waals surface area contributed by atoms with Gasteiger partial charge in [0.05, 0.1) is 36.5 Å². The van der Waals surface area contributed by atoms with E-state index >= 15 is 0 Å². The van der Waals surface area contributed by atoms with Gasteiger partial charge in [0.15, 0.2) is 0 Å². The summed E-state index contributed by atoms with van der Waals surface area (Å²) in [4.78, 5) is 33.1. The van der Waals surface area contributed by atoms with Crippen molar-refractivity contribution in [2.75, 3.05) is 37.8 Å². The summed E-state index contributed by atoms with van der Waals surface area (Å²) in [7, 11) is 0. The second kappa shape index (κ2) is 8.67. The molecule has 1 saturated carbocycles. The van der Waals surface area contributed by atoms with E-state index in [0.29, 0.717) is 43.9 Å². The summed E-state index contributed by atoms with van der Waals surface area (Å²) in [5.74, 6) is 0.878. The maximum absolute atomic E-state index is 12.7. The average molecular weight is 363 g/mol. The van der Waals surface area contributed by atoms with Crippen molar-refractivity contribution in [1.29, 1.82) is 0 Å². The number of carbonyl (C=O) groups is 2. The molecule has 0 aromatic carbocycles. The van der Waals surface area contributed by atoms with Gasteiger partial charge in [-0.3, -0.25) is 14.6 Å². The molecule has 0 N–H and O–H groups in total. The lowest BCUT2D eigenvalue weighted by Gasteiger charge is -2.29. The topological polar surface area (TPSA) is 62.7 Å². The monoisotopic (exact) mass is 363 g/mol. The van der Waals surface area contributed by atoms with Crippen LogP contribution in [0.2, 0.25) is 0 Å². The zero-order valence-electron chi connectivity index (χ0n) is 14.6. The van der Waals surface area contributed by atoms with Crippen LogP contribution in [0.25, 0.3) is 0 Å². The number of aromatic nitrogens is 1. The number of morpholine rings is 1. The van der Waals surface area contributed by atoms with Crippen molar-refractivity contribution >= 4 is 23.6 Å². The van der Waals surface area contributed by atoms with Crippen LogP contribution in [-0.2, 0) is 14.3 Å². The quantitative estimate of drug-likeness (QED) is 0.738. The van der Waals surface area contributed by atoms with Crippen LogP contribution in [-0.4, -0.2) is 70.4 Å². The van der Waals surface area contributed by atoms with E-state index in [1.807, 2.05) is 34.9 Å². The Kier molecular flexibility index (Phi) is 6.31. The highest BCUT2D eigenvalue weighted by Gasteiger charge is 2.36. The van der Waals surface area contributed by atoms with Crippen molar-refractivity contribution in [3.05, 3.63) is 30.1 Å². The normalized spacial score (nSPS) is 18.7. The highest BCUT2D eigenvalue weighted by Crippen LogP contribution is 2.34. The second-order valence-electron chi connectivity index (χ2n) is 6.45. The molecule has 3 rings (SSSR count). The molecular weight excluding hydrogens is 338 g/mol. The fraction of sp³-hybridized carbons (Fsp3) is 0.611. The third kappa shape index (κ3) is 4.95. The number of amides is 2. The lowest BCUT2D eigenvalue weighted by Crippen LogP contribution is -2.42. The van der Waals surface area contributed by atoms with Crippen molar-refractivity contribution in [1.82, 2.24) is 14.8 Å². The molecule has 0 radical (unpaired) electrons. The van der Waals surface area contributed by atoms with Crippen LogP contribution in [0.1, 0.15) is 31.5 Å². The molecule has 2 amide bonds. The van der Waals surface area contributed by atoms with Crippen LogP contribution in [0.4, 0.5) is 0 Å². The lowest BCUT2D eigenvalue weighted by molar-refractivity contribution is -0.132. The van der Waals surface area contributed by atoms with E-state index in [4.69, 9.17) is 4.74 Å². The largest absolute Gasteiger partial charge is 0.378 e. The summed E-state index contributed by atoms with van der Waals surface area (Å²) in [6.45, 7) is 4.54. The summed E-state index contributed by atoms with van der Waals surface area (Å²) >= 11 is 1.41. The number of hydrogen-bond donors (Lipinski definition) is 0. The fourth-order valence-electron chi connectivity index (χ4n) is 3.06. The van der Waals surface area contributed by atoms with E-state index in [1.165, 1.54) is 11.8 Å². The number of hydrogen-bond acceptors (Lipinski definition) is 5. The summed E-state index contributed by atoms with van der Waals surface area (Å²) in [6, 6.07) is 6.08. The van der Waals surface area contributed by atoms with E-state index in [-0.39, 0.29) is 17.9 Å². The zero-order valence-corrected chi connectivity index (χ0v) is 15.4. The summed E-state index contributed by atoms with van der Waals surface area (Å²) in [6.07, 6.45) is 3.87.